The number of carbonyl (C=O) groups is 4. The Bertz CT molecular complexity index is 906. The van der Waals surface area contributed by atoms with Gasteiger partial charge in [0.05, 0.1) is 30.9 Å². The highest BCUT2D eigenvalue weighted by molar-refractivity contribution is 5.95. The molecule has 1 N–H and O–H groups in total. The number of carbonyl (C=O) groups excluding carboxylic acids is 4. The molecule has 30 heavy (non-hydrogen) atoms. The SMILES string of the molecule is CCOC(=O)c1ccc(NC(=O)COC(=O)[C@@H]2CC(=O)N(Cc3ccco3)C2)cc1. The van der Waals surface area contributed by atoms with Gasteiger partial charge >= 0.3 is 11.9 Å². The first-order valence-corrected chi connectivity index (χ1v) is 9.50. The molecule has 0 radical (unpaired) electrons. The molecular weight excluding hydrogens is 392 g/mol. The van der Waals surface area contributed by atoms with Gasteiger partial charge in [-0.05, 0) is 43.3 Å². The van der Waals surface area contributed by atoms with E-state index in [-0.39, 0.29) is 32.0 Å². The van der Waals surface area contributed by atoms with Gasteiger partial charge in [0.2, 0.25) is 5.91 Å². The molecular formula is C21H22N2O7. The molecule has 1 atom stereocenters. The van der Waals surface area contributed by atoms with E-state index in [9.17, 15) is 19.2 Å². The molecule has 158 valence electrons. The molecule has 0 spiro atoms. The molecule has 2 amide bonds. The standard InChI is InChI=1S/C21H22N2O7/c1-2-28-20(26)14-5-7-16(8-6-14)22-18(24)13-30-21(27)15-10-19(25)23(11-15)12-17-4-3-9-29-17/h3-9,15H,2,10-13H2,1H3,(H,22,24)/t15-/m1/s1. The van der Waals surface area contributed by atoms with Gasteiger partial charge in [-0.3, -0.25) is 14.4 Å². The van der Waals surface area contributed by atoms with Crippen molar-refractivity contribution in [2.24, 2.45) is 5.92 Å². The molecule has 2 aromatic rings. The van der Waals surface area contributed by atoms with Gasteiger partial charge < -0.3 is 24.1 Å². The largest absolute Gasteiger partial charge is 0.467 e. The van der Waals surface area contributed by atoms with Crippen LogP contribution in [0.5, 0.6) is 0 Å². The maximum Gasteiger partial charge on any atom is 0.338 e. The first-order chi connectivity index (χ1) is 14.5. The summed E-state index contributed by atoms with van der Waals surface area (Å²) in [4.78, 5) is 49.5. The van der Waals surface area contributed by atoms with Crippen LogP contribution in [0.1, 0.15) is 29.5 Å². The Hall–Kier alpha value is -3.62. The average Bonchev–Trinajstić information content (AvgIpc) is 3.37. The van der Waals surface area contributed by atoms with Gasteiger partial charge in [-0.25, -0.2) is 4.79 Å². The number of esters is 2. The van der Waals surface area contributed by atoms with E-state index in [4.69, 9.17) is 13.9 Å². The number of likely N-dealkylation sites (tertiary alicyclic amines) is 1. The summed E-state index contributed by atoms with van der Waals surface area (Å²) in [5, 5.41) is 2.58. The number of hydrogen-bond acceptors (Lipinski definition) is 7. The Morgan fingerprint density at radius 3 is 2.60 bits per heavy atom. The lowest BCUT2D eigenvalue weighted by Crippen LogP contribution is -2.28. The van der Waals surface area contributed by atoms with E-state index in [0.717, 1.165) is 0 Å². The molecule has 9 nitrogen and oxygen atoms in total. The first kappa shape index (κ1) is 21.1. The van der Waals surface area contributed by atoms with Crippen LogP contribution in [0.4, 0.5) is 5.69 Å². The zero-order valence-electron chi connectivity index (χ0n) is 16.5. The van der Waals surface area contributed by atoms with E-state index >= 15 is 0 Å². The van der Waals surface area contributed by atoms with Crippen molar-refractivity contribution in [3.8, 4) is 0 Å². The highest BCUT2D eigenvalue weighted by atomic mass is 16.5. The molecule has 0 aliphatic carbocycles. The van der Waals surface area contributed by atoms with Crippen LogP contribution in [0.15, 0.2) is 47.1 Å². The average molecular weight is 414 g/mol. The Kier molecular flexibility index (Phi) is 6.84. The molecule has 0 unspecified atom stereocenters. The minimum absolute atomic E-state index is 0.0382. The summed E-state index contributed by atoms with van der Waals surface area (Å²) >= 11 is 0. The van der Waals surface area contributed by atoms with Gasteiger partial charge in [0.15, 0.2) is 6.61 Å². The van der Waals surface area contributed by atoms with Crippen molar-refractivity contribution < 1.29 is 33.1 Å². The van der Waals surface area contributed by atoms with E-state index in [2.05, 4.69) is 5.32 Å². The predicted molar refractivity (Wildman–Crippen MR) is 104 cm³/mol. The molecule has 1 saturated heterocycles. The third-order valence-electron chi connectivity index (χ3n) is 4.50. The highest BCUT2D eigenvalue weighted by Crippen LogP contribution is 2.21. The predicted octanol–water partition coefficient (Wildman–Crippen LogP) is 1.99. The third kappa shape index (κ3) is 5.47. The van der Waals surface area contributed by atoms with Crippen molar-refractivity contribution in [1.82, 2.24) is 4.90 Å². The van der Waals surface area contributed by atoms with Crippen LogP contribution in [0.25, 0.3) is 0 Å². The second-order valence-corrected chi connectivity index (χ2v) is 6.71. The summed E-state index contributed by atoms with van der Waals surface area (Å²) in [5.74, 6) is -1.73. The number of hydrogen-bond donors (Lipinski definition) is 1. The highest BCUT2D eigenvalue weighted by Gasteiger charge is 2.35. The minimum Gasteiger partial charge on any atom is -0.467 e. The molecule has 1 aromatic heterocycles. The monoisotopic (exact) mass is 414 g/mol. The summed E-state index contributed by atoms with van der Waals surface area (Å²) in [6.07, 6.45) is 1.56. The van der Waals surface area contributed by atoms with Crippen LogP contribution in [0, 0.1) is 5.92 Å². The van der Waals surface area contributed by atoms with E-state index < -0.39 is 30.4 Å². The first-order valence-electron chi connectivity index (χ1n) is 9.50. The van der Waals surface area contributed by atoms with E-state index in [1.807, 2.05) is 0 Å². The zero-order chi connectivity index (χ0) is 21.5. The number of furan rings is 1. The lowest BCUT2D eigenvalue weighted by Gasteiger charge is -2.14. The maximum absolute atomic E-state index is 12.2. The summed E-state index contributed by atoms with van der Waals surface area (Å²) in [7, 11) is 0. The van der Waals surface area contributed by atoms with Crippen molar-refractivity contribution in [3.63, 3.8) is 0 Å². The van der Waals surface area contributed by atoms with Crippen LogP contribution < -0.4 is 5.32 Å². The number of amides is 2. The molecule has 3 rings (SSSR count). The second kappa shape index (κ2) is 9.73. The van der Waals surface area contributed by atoms with E-state index in [0.29, 0.717) is 17.0 Å². The fourth-order valence-corrected chi connectivity index (χ4v) is 3.03. The van der Waals surface area contributed by atoms with Crippen LogP contribution in [-0.4, -0.2) is 48.4 Å². The number of benzene rings is 1. The Balaban J connectivity index is 1.44. The van der Waals surface area contributed by atoms with Crippen LogP contribution in [0.2, 0.25) is 0 Å². The van der Waals surface area contributed by atoms with Gasteiger partial charge in [-0.2, -0.15) is 0 Å². The quantitative estimate of drug-likeness (QED) is 0.657. The van der Waals surface area contributed by atoms with Crippen molar-refractivity contribution in [3.05, 3.63) is 54.0 Å². The normalized spacial score (nSPS) is 15.7. The summed E-state index contributed by atoms with van der Waals surface area (Å²) in [6, 6.07) is 9.63. The number of nitrogens with zero attached hydrogens (tertiary/aromatic N) is 1. The fraction of sp³-hybridized carbons (Fsp3) is 0.333. The summed E-state index contributed by atoms with van der Waals surface area (Å²) in [6.45, 7) is 2.02. The topological polar surface area (TPSA) is 115 Å². The second-order valence-electron chi connectivity index (χ2n) is 6.71. The Morgan fingerprint density at radius 2 is 1.93 bits per heavy atom. The Labute approximate surface area is 172 Å². The maximum atomic E-state index is 12.2. The van der Waals surface area contributed by atoms with Gasteiger partial charge in [-0.15, -0.1) is 0 Å². The van der Waals surface area contributed by atoms with Gasteiger partial charge in [0, 0.05) is 18.7 Å². The minimum atomic E-state index is -0.621. The third-order valence-corrected chi connectivity index (χ3v) is 4.50. The lowest BCUT2D eigenvalue weighted by molar-refractivity contribution is -0.151. The van der Waals surface area contributed by atoms with Crippen molar-refractivity contribution in [2.45, 2.75) is 19.9 Å². The molecule has 1 aliphatic rings. The molecule has 1 aromatic carbocycles. The lowest BCUT2D eigenvalue weighted by atomic mass is 10.1. The zero-order valence-corrected chi connectivity index (χ0v) is 16.5. The molecule has 1 fully saturated rings. The van der Waals surface area contributed by atoms with Crippen molar-refractivity contribution in [2.75, 3.05) is 25.1 Å². The number of anilines is 1. The van der Waals surface area contributed by atoms with Crippen molar-refractivity contribution in [1.29, 1.82) is 0 Å². The van der Waals surface area contributed by atoms with Gasteiger partial charge in [0.25, 0.3) is 5.91 Å². The molecule has 9 heteroatoms. The van der Waals surface area contributed by atoms with Crippen LogP contribution in [0.3, 0.4) is 0 Å². The molecule has 0 bridgehead atoms. The Morgan fingerprint density at radius 1 is 1.17 bits per heavy atom. The van der Waals surface area contributed by atoms with Crippen LogP contribution >= 0.6 is 0 Å². The van der Waals surface area contributed by atoms with Crippen LogP contribution in [-0.2, 0) is 30.4 Å². The molecule has 2 heterocycles. The van der Waals surface area contributed by atoms with Gasteiger partial charge in [0.1, 0.15) is 5.76 Å². The molecule has 1 aliphatic heterocycles. The summed E-state index contributed by atoms with van der Waals surface area (Å²) in [5.41, 5.74) is 0.816. The number of ether oxygens (including phenoxy) is 2. The smallest absolute Gasteiger partial charge is 0.338 e. The summed E-state index contributed by atoms with van der Waals surface area (Å²) < 4.78 is 15.2. The number of nitrogens with one attached hydrogen (secondary N) is 1. The number of rotatable bonds is 8. The van der Waals surface area contributed by atoms with Crippen molar-refractivity contribution >= 4 is 29.4 Å². The molecule has 0 saturated carbocycles. The van der Waals surface area contributed by atoms with Gasteiger partial charge in [-0.1, -0.05) is 0 Å². The fourth-order valence-electron chi connectivity index (χ4n) is 3.03. The van der Waals surface area contributed by atoms with E-state index in [1.165, 1.54) is 23.3 Å². The van der Waals surface area contributed by atoms with E-state index in [1.54, 1.807) is 31.2 Å².